The van der Waals surface area contributed by atoms with E-state index in [1.807, 2.05) is 18.2 Å². The first kappa shape index (κ1) is 11.7. The Kier molecular flexibility index (Phi) is 4.84. The molecule has 0 atom stereocenters. The fraction of sp³-hybridized carbons (Fsp3) is 0.417. The summed E-state index contributed by atoms with van der Waals surface area (Å²) in [7, 11) is 0. The molecule has 0 amide bonds. The molecule has 15 heavy (non-hydrogen) atoms. The molecule has 0 fully saturated rings. The summed E-state index contributed by atoms with van der Waals surface area (Å²) in [5.41, 5.74) is 0.868. The van der Waals surface area contributed by atoms with Crippen LogP contribution in [0.25, 0.3) is 0 Å². The number of hydrogen-bond acceptors (Lipinski definition) is 3. The number of aromatic nitrogens is 1. The van der Waals surface area contributed by atoms with Crippen molar-refractivity contribution in [1.29, 1.82) is 0 Å². The molecule has 0 saturated heterocycles. The van der Waals surface area contributed by atoms with Crippen LogP contribution in [0.15, 0.2) is 31.0 Å². The maximum absolute atomic E-state index is 9.21. The van der Waals surface area contributed by atoms with Gasteiger partial charge in [0.15, 0.2) is 0 Å². The van der Waals surface area contributed by atoms with Gasteiger partial charge in [-0.1, -0.05) is 19.1 Å². The average Bonchev–Trinajstić information content (AvgIpc) is 2.29. The summed E-state index contributed by atoms with van der Waals surface area (Å²) < 4.78 is 0. The summed E-state index contributed by atoms with van der Waals surface area (Å²) in [5.74, 6) is 0.863. The van der Waals surface area contributed by atoms with Gasteiger partial charge in [0.2, 0.25) is 0 Å². The molecule has 1 aromatic heterocycles. The van der Waals surface area contributed by atoms with Crippen LogP contribution in [0.4, 0.5) is 5.82 Å². The van der Waals surface area contributed by atoms with Crippen molar-refractivity contribution in [2.75, 3.05) is 18.0 Å². The van der Waals surface area contributed by atoms with Gasteiger partial charge in [-0.2, -0.15) is 0 Å². The SMILES string of the molecule is C=CCN(CCC)c1ncccc1CO. The van der Waals surface area contributed by atoms with Gasteiger partial charge in [0.05, 0.1) is 6.61 Å². The fourth-order valence-electron chi connectivity index (χ4n) is 1.55. The van der Waals surface area contributed by atoms with Crippen molar-refractivity contribution in [3.8, 4) is 0 Å². The Labute approximate surface area is 91.1 Å². The second-order valence-electron chi connectivity index (χ2n) is 3.38. The van der Waals surface area contributed by atoms with Crippen molar-refractivity contribution in [2.24, 2.45) is 0 Å². The lowest BCUT2D eigenvalue weighted by Crippen LogP contribution is -2.26. The van der Waals surface area contributed by atoms with Gasteiger partial charge in [-0.25, -0.2) is 4.98 Å². The highest BCUT2D eigenvalue weighted by atomic mass is 16.3. The van der Waals surface area contributed by atoms with Crippen LogP contribution in [-0.4, -0.2) is 23.2 Å². The summed E-state index contributed by atoms with van der Waals surface area (Å²) in [5, 5.41) is 9.21. The average molecular weight is 206 g/mol. The monoisotopic (exact) mass is 206 g/mol. The minimum Gasteiger partial charge on any atom is -0.392 e. The van der Waals surface area contributed by atoms with Gasteiger partial charge in [0, 0.05) is 24.8 Å². The molecule has 1 rings (SSSR count). The molecule has 3 heteroatoms. The van der Waals surface area contributed by atoms with Crippen molar-refractivity contribution in [1.82, 2.24) is 4.98 Å². The lowest BCUT2D eigenvalue weighted by Gasteiger charge is -2.23. The maximum Gasteiger partial charge on any atom is 0.134 e. The summed E-state index contributed by atoms with van der Waals surface area (Å²) >= 11 is 0. The maximum atomic E-state index is 9.21. The van der Waals surface area contributed by atoms with Crippen molar-refractivity contribution in [3.05, 3.63) is 36.5 Å². The van der Waals surface area contributed by atoms with E-state index in [4.69, 9.17) is 0 Å². The van der Waals surface area contributed by atoms with E-state index in [1.165, 1.54) is 0 Å². The smallest absolute Gasteiger partial charge is 0.134 e. The topological polar surface area (TPSA) is 36.4 Å². The third kappa shape index (κ3) is 3.06. The van der Waals surface area contributed by atoms with Crippen molar-refractivity contribution in [3.63, 3.8) is 0 Å². The molecule has 3 nitrogen and oxygen atoms in total. The van der Waals surface area contributed by atoms with E-state index in [0.29, 0.717) is 0 Å². The van der Waals surface area contributed by atoms with Crippen LogP contribution in [0, 0.1) is 0 Å². The highest BCUT2D eigenvalue weighted by Crippen LogP contribution is 2.17. The molecule has 0 aromatic carbocycles. The number of rotatable bonds is 6. The molecule has 0 bridgehead atoms. The first-order valence-electron chi connectivity index (χ1n) is 5.24. The number of hydrogen-bond donors (Lipinski definition) is 1. The van der Waals surface area contributed by atoms with E-state index in [-0.39, 0.29) is 6.61 Å². The van der Waals surface area contributed by atoms with Gasteiger partial charge >= 0.3 is 0 Å². The Hall–Kier alpha value is -1.35. The Balaban J connectivity index is 2.92. The van der Waals surface area contributed by atoms with Gasteiger partial charge in [-0.15, -0.1) is 6.58 Å². The third-order valence-electron chi connectivity index (χ3n) is 2.18. The normalized spacial score (nSPS) is 10.0. The van der Waals surface area contributed by atoms with E-state index in [2.05, 4.69) is 23.4 Å². The number of nitrogens with zero attached hydrogens (tertiary/aromatic N) is 2. The van der Waals surface area contributed by atoms with E-state index >= 15 is 0 Å². The van der Waals surface area contributed by atoms with Crippen molar-refractivity contribution < 1.29 is 5.11 Å². The zero-order valence-corrected chi connectivity index (χ0v) is 9.19. The summed E-state index contributed by atoms with van der Waals surface area (Å²) in [6.07, 6.45) is 4.65. The molecular weight excluding hydrogens is 188 g/mol. The van der Waals surface area contributed by atoms with Gasteiger partial charge in [-0.3, -0.25) is 0 Å². The first-order chi connectivity index (χ1) is 7.33. The molecule has 0 saturated carbocycles. The van der Waals surface area contributed by atoms with Crippen LogP contribution in [0.1, 0.15) is 18.9 Å². The molecule has 0 aliphatic rings. The summed E-state index contributed by atoms with van der Waals surface area (Å²) in [6.45, 7) is 7.57. The second-order valence-corrected chi connectivity index (χ2v) is 3.38. The molecular formula is C12H18N2O. The fourth-order valence-corrected chi connectivity index (χ4v) is 1.55. The van der Waals surface area contributed by atoms with Gasteiger partial charge in [0.1, 0.15) is 5.82 Å². The quantitative estimate of drug-likeness (QED) is 0.723. The Bertz CT molecular complexity index is 312. The Morgan fingerprint density at radius 1 is 1.60 bits per heavy atom. The first-order valence-corrected chi connectivity index (χ1v) is 5.24. The summed E-state index contributed by atoms with van der Waals surface area (Å²) in [6, 6.07) is 3.74. The van der Waals surface area contributed by atoms with Crippen molar-refractivity contribution in [2.45, 2.75) is 20.0 Å². The van der Waals surface area contributed by atoms with Crippen LogP contribution in [0.5, 0.6) is 0 Å². The van der Waals surface area contributed by atoms with E-state index < -0.39 is 0 Å². The second kappa shape index (κ2) is 6.19. The van der Waals surface area contributed by atoms with Crippen LogP contribution >= 0.6 is 0 Å². The zero-order chi connectivity index (χ0) is 11.1. The summed E-state index contributed by atoms with van der Waals surface area (Å²) in [4.78, 5) is 6.43. The van der Waals surface area contributed by atoms with Crippen LogP contribution in [0.3, 0.4) is 0 Å². The minimum absolute atomic E-state index is 0.0283. The molecule has 0 aliphatic carbocycles. The molecule has 0 radical (unpaired) electrons. The predicted octanol–water partition coefficient (Wildman–Crippen LogP) is 1.98. The van der Waals surface area contributed by atoms with Gasteiger partial charge in [0.25, 0.3) is 0 Å². The minimum atomic E-state index is 0.0283. The number of anilines is 1. The molecule has 82 valence electrons. The zero-order valence-electron chi connectivity index (χ0n) is 9.19. The van der Waals surface area contributed by atoms with E-state index in [0.717, 1.165) is 30.9 Å². The highest BCUT2D eigenvalue weighted by Gasteiger charge is 2.09. The molecule has 1 aromatic rings. The van der Waals surface area contributed by atoms with Crippen molar-refractivity contribution >= 4 is 5.82 Å². The standard InChI is InChI=1S/C12H18N2O/c1-3-8-14(9-4-2)12-11(10-15)6-5-7-13-12/h3,5-7,15H,1,4,8-10H2,2H3. The number of pyridine rings is 1. The van der Waals surface area contributed by atoms with E-state index in [9.17, 15) is 5.11 Å². The Morgan fingerprint density at radius 2 is 2.40 bits per heavy atom. The molecule has 1 heterocycles. The Morgan fingerprint density at radius 3 is 3.00 bits per heavy atom. The largest absolute Gasteiger partial charge is 0.392 e. The molecule has 1 N–H and O–H groups in total. The molecule has 0 spiro atoms. The lowest BCUT2D eigenvalue weighted by atomic mass is 10.2. The van der Waals surface area contributed by atoms with Crippen LogP contribution < -0.4 is 4.90 Å². The highest BCUT2D eigenvalue weighted by molar-refractivity contribution is 5.46. The third-order valence-corrected chi connectivity index (χ3v) is 2.18. The van der Waals surface area contributed by atoms with Gasteiger partial charge in [-0.05, 0) is 12.5 Å². The number of aliphatic hydroxyl groups is 1. The van der Waals surface area contributed by atoms with E-state index in [1.54, 1.807) is 6.20 Å². The molecule has 0 aliphatic heterocycles. The van der Waals surface area contributed by atoms with Crippen LogP contribution in [-0.2, 0) is 6.61 Å². The predicted molar refractivity (Wildman–Crippen MR) is 62.9 cm³/mol. The van der Waals surface area contributed by atoms with Gasteiger partial charge < -0.3 is 10.0 Å². The number of aliphatic hydroxyl groups excluding tert-OH is 1. The lowest BCUT2D eigenvalue weighted by molar-refractivity contribution is 0.281. The molecule has 0 unspecified atom stereocenters. The van der Waals surface area contributed by atoms with Crippen LogP contribution in [0.2, 0.25) is 0 Å².